The van der Waals surface area contributed by atoms with Crippen molar-refractivity contribution in [3.05, 3.63) is 42.0 Å². The minimum Gasteiger partial charge on any atom is -0.497 e. The maximum Gasteiger partial charge on any atom is 0.246 e. The zero-order valence-electron chi connectivity index (χ0n) is 12.7. The van der Waals surface area contributed by atoms with Gasteiger partial charge < -0.3 is 14.8 Å². The average Bonchev–Trinajstić information content (AvgIpc) is 2.50. The fraction of sp³-hybridized carbons (Fsp3) is 0.353. The maximum absolute atomic E-state index is 11.6. The average molecular weight is 287 g/mol. The van der Waals surface area contributed by atoms with Crippen LogP contribution in [-0.2, 0) is 16.1 Å². The molecule has 4 heteroatoms. The summed E-state index contributed by atoms with van der Waals surface area (Å²) in [6.45, 7) is 4.42. The van der Waals surface area contributed by atoms with Gasteiger partial charge in [-0.2, -0.15) is 0 Å². The minimum atomic E-state index is -0.0986. The summed E-state index contributed by atoms with van der Waals surface area (Å²) in [5.74, 6) is 0.743. The van der Waals surface area contributed by atoms with Crippen molar-refractivity contribution in [1.82, 2.24) is 5.32 Å². The molecule has 0 unspecified atom stereocenters. The molecule has 0 aliphatic rings. The Bertz CT molecular complexity index is 622. The highest BCUT2D eigenvalue weighted by molar-refractivity contribution is 5.84. The van der Waals surface area contributed by atoms with Crippen LogP contribution in [0.5, 0.6) is 5.75 Å². The molecule has 0 bridgehead atoms. The van der Waals surface area contributed by atoms with E-state index in [0.717, 1.165) is 22.1 Å². The van der Waals surface area contributed by atoms with Gasteiger partial charge in [0.2, 0.25) is 5.91 Å². The Hall–Kier alpha value is -2.07. The van der Waals surface area contributed by atoms with Crippen LogP contribution >= 0.6 is 0 Å². The van der Waals surface area contributed by atoms with Gasteiger partial charge in [0.05, 0.1) is 13.2 Å². The summed E-state index contributed by atoms with van der Waals surface area (Å²) in [5, 5.41) is 5.10. The number of nitrogens with one attached hydrogen (secondary N) is 1. The first-order valence-corrected chi connectivity index (χ1v) is 7.03. The van der Waals surface area contributed by atoms with Gasteiger partial charge in [0.25, 0.3) is 0 Å². The van der Waals surface area contributed by atoms with E-state index in [0.29, 0.717) is 6.54 Å². The summed E-state index contributed by atoms with van der Waals surface area (Å²) in [6, 6.07) is 12.0. The van der Waals surface area contributed by atoms with Crippen molar-refractivity contribution in [1.29, 1.82) is 0 Å². The van der Waals surface area contributed by atoms with Gasteiger partial charge in [-0.3, -0.25) is 4.79 Å². The van der Waals surface area contributed by atoms with Crippen molar-refractivity contribution >= 4 is 16.7 Å². The van der Waals surface area contributed by atoms with Crippen LogP contribution < -0.4 is 10.1 Å². The molecule has 2 rings (SSSR count). The molecule has 0 spiro atoms. The number of hydrogen-bond acceptors (Lipinski definition) is 3. The number of ether oxygens (including phenoxy) is 2. The van der Waals surface area contributed by atoms with E-state index in [9.17, 15) is 4.79 Å². The van der Waals surface area contributed by atoms with Crippen LogP contribution in [0.1, 0.15) is 19.4 Å². The maximum atomic E-state index is 11.6. The molecule has 21 heavy (non-hydrogen) atoms. The predicted molar refractivity (Wildman–Crippen MR) is 83.4 cm³/mol. The quantitative estimate of drug-likeness (QED) is 0.888. The first-order chi connectivity index (χ1) is 10.1. The molecule has 1 amide bonds. The van der Waals surface area contributed by atoms with Crippen LogP contribution in [-0.4, -0.2) is 25.7 Å². The molecule has 0 radical (unpaired) electrons. The van der Waals surface area contributed by atoms with Crippen LogP contribution in [0, 0.1) is 0 Å². The Kier molecular flexibility index (Phi) is 5.17. The van der Waals surface area contributed by atoms with E-state index in [1.807, 2.05) is 44.2 Å². The van der Waals surface area contributed by atoms with Gasteiger partial charge >= 0.3 is 0 Å². The second-order valence-corrected chi connectivity index (χ2v) is 5.18. The lowest BCUT2D eigenvalue weighted by Gasteiger charge is -2.09. The fourth-order valence-electron chi connectivity index (χ4n) is 2.00. The van der Waals surface area contributed by atoms with Crippen LogP contribution in [0.25, 0.3) is 10.8 Å². The SMILES string of the molecule is COc1ccc2cc(CNC(=O)COC(C)C)ccc2c1. The number of fused-ring (bicyclic) bond motifs is 1. The molecule has 112 valence electrons. The summed E-state index contributed by atoms with van der Waals surface area (Å²) < 4.78 is 10.5. The largest absolute Gasteiger partial charge is 0.497 e. The lowest BCUT2D eigenvalue weighted by atomic mass is 10.1. The third-order valence-electron chi connectivity index (χ3n) is 3.15. The number of carbonyl (C=O) groups excluding carboxylic acids is 1. The lowest BCUT2D eigenvalue weighted by molar-refractivity contribution is -0.127. The Labute approximate surface area is 125 Å². The topological polar surface area (TPSA) is 47.6 Å². The van der Waals surface area contributed by atoms with E-state index < -0.39 is 0 Å². The molecule has 0 heterocycles. The van der Waals surface area contributed by atoms with Crippen LogP contribution in [0.4, 0.5) is 0 Å². The molecular weight excluding hydrogens is 266 g/mol. The molecule has 0 saturated heterocycles. The minimum absolute atomic E-state index is 0.0615. The molecule has 0 fully saturated rings. The van der Waals surface area contributed by atoms with Crippen LogP contribution in [0.2, 0.25) is 0 Å². The van der Waals surface area contributed by atoms with E-state index >= 15 is 0 Å². The molecule has 0 atom stereocenters. The van der Waals surface area contributed by atoms with E-state index in [1.54, 1.807) is 7.11 Å². The Morgan fingerprint density at radius 1 is 1.14 bits per heavy atom. The molecular formula is C17H21NO3. The first kappa shape index (κ1) is 15.3. The van der Waals surface area contributed by atoms with Gasteiger partial charge in [-0.05, 0) is 48.4 Å². The second kappa shape index (κ2) is 7.09. The Balaban J connectivity index is 1.98. The van der Waals surface area contributed by atoms with Crippen molar-refractivity contribution in [3.8, 4) is 5.75 Å². The third kappa shape index (κ3) is 4.46. The molecule has 0 saturated carbocycles. The van der Waals surface area contributed by atoms with Crippen molar-refractivity contribution in [3.63, 3.8) is 0 Å². The summed E-state index contributed by atoms with van der Waals surface area (Å²) >= 11 is 0. The Morgan fingerprint density at radius 2 is 1.86 bits per heavy atom. The number of rotatable bonds is 6. The monoisotopic (exact) mass is 287 g/mol. The summed E-state index contributed by atoms with van der Waals surface area (Å²) in [5.41, 5.74) is 1.06. The van der Waals surface area contributed by atoms with Gasteiger partial charge in [-0.25, -0.2) is 0 Å². The number of carbonyl (C=O) groups is 1. The summed E-state index contributed by atoms with van der Waals surface area (Å²) in [4.78, 5) is 11.6. The number of hydrogen-bond donors (Lipinski definition) is 1. The van der Waals surface area contributed by atoms with Gasteiger partial charge in [0.15, 0.2) is 0 Å². The number of methoxy groups -OCH3 is 1. The molecule has 1 N–H and O–H groups in total. The van der Waals surface area contributed by atoms with Gasteiger partial charge in [0.1, 0.15) is 12.4 Å². The summed E-state index contributed by atoms with van der Waals surface area (Å²) in [6.07, 6.45) is 0.0615. The van der Waals surface area contributed by atoms with Gasteiger partial charge in [0, 0.05) is 6.54 Å². The second-order valence-electron chi connectivity index (χ2n) is 5.18. The van der Waals surface area contributed by atoms with Crippen molar-refractivity contribution in [2.75, 3.05) is 13.7 Å². The van der Waals surface area contributed by atoms with E-state index in [2.05, 4.69) is 11.4 Å². The molecule has 0 aliphatic carbocycles. The van der Waals surface area contributed by atoms with Crippen molar-refractivity contribution in [2.45, 2.75) is 26.5 Å². The zero-order chi connectivity index (χ0) is 15.2. The van der Waals surface area contributed by atoms with E-state index in [4.69, 9.17) is 9.47 Å². The van der Waals surface area contributed by atoms with Gasteiger partial charge in [-0.15, -0.1) is 0 Å². The molecule has 0 aliphatic heterocycles. The predicted octanol–water partition coefficient (Wildman–Crippen LogP) is 2.89. The van der Waals surface area contributed by atoms with Crippen molar-refractivity contribution < 1.29 is 14.3 Å². The smallest absolute Gasteiger partial charge is 0.246 e. The van der Waals surface area contributed by atoms with E-state index in [-0.39, 0.29) is 18.6 Å². The Morgan fingerprint density at radius 3 is 2.57 bits per heavy atom. The van der Waals surface area contributed by atoms with Crippen molar-refractivity contribution in [2.24, 2.45) is 0 Å². The van der Waals surface area contributed by atoms with Crippen LogP contribution in [0.3, 0.4) is 0 Å². The molecule has 0 aromatic heterocycles. The van der Waals surface area contributed by atoms with E-state index in [1.165, 1.54) is 0 Å². The number of amides is 1. The normalized spacial score (nSPS) is 10.9. The first-order valence-electron chi connectivity index (χ1n) is 7.03. The fourth-order valence-corrected chi connectivity index (χ4v) is 2.00. The molecule has 2 aromatic carbocycles. The highest BCUT2D eigenvalue weighted by Crippen LogP contribution is 2.21. The standard InChI is InChI=1S/C17H21NO3/c1-12(2)21-11-17(19)18-10-13-4-5-15-9-16(20-3)7-6-14(15)8-13/h4-9,12H,10-11H2,1-3H3,(H,18,19). The molecule has 2 aromatic rings. The van der Waals surface area contributed by atoms with Crippen LogP contribution in [0.15, 0.2) is 36.4 Å². The third-order valence-corrected chi connectivity index (χ3v) is 3.15. The summed E-state index contributed by atoms with van der Waals surface area (Å²) in [7, 11) is 1.66. The molecule has 4 nitrogen and oxygen atoms in total. The highest BCUT2D eigenvalue weighted by Gasteiger charge is 2.04. The highest BCUT2D eigenvalue weighted by atomic mass is 16.5. The van der Waals surface area contributed by atoms with Gasteiger partial charge in [-0.1, -0.05) is 18.2 Å². The lowest BCUT2D eigenvalue weighted by Crippen LogP contribution is -2.28. The number of benzene rings is 2. The zero-order valence-corrected chi connectivity index (χ0v) is 12.7.